The highest BCUT2D eigenvalue weighted by Gasteiger charge is 2.30. The second kappa shape index (κ2) is 8.88. The lowest BCUT2D eigenvalue weighted by Crippen LogP contribution is -2.33. The first-order valence-electron chi connectivity index (χ1n) is 10.2. The van der Waals surface area contributed by atoms with Gasteiger partial charge in [0.05, 0.1) is 5.56 Å². The van der Waals surface area contributed by atoms with E-state index in [1.807, 2.05) is 24.3 Å². The Balaban J connectivity index is 1.41. The van der Waals surface area contributed by atoms with Crippen molar-refractivity contribution in [3.05, 3.63) is 102 Å². The van der Waals surface area contributed by atoms with Crippen LogP contribution in [0.1, 0.15) is 29.5 Å². The number of benzene rings is 3. The fraction of sp³-hybridized carbons (Fsp3) is 0.231. The van der Waals surface area contributed by atoms with Crippen LogP contribution in [0, 0.1) is 0 Å². The van der Waals surface area contributed by atoms with Crippen LogP contribution in [0.4, 0.5) is 13.2 Å². The average molecular weight is 407 g/mol. The molecular formula is C26H24F3N. The van der Waals surface area contributed by atoms with Crippen molar-refractivity contribution >= 4 is 5.57 Å². The maximum Gasteiger partial charge on any atom is 0.416 e. The lowest BCUT2D eigenvalue weighted by Gasteiger charge is -2.25. The first-order chi connectivity index (χ1) is 14.5. The van der Waals surface area contributed by atoms with Crippen molar-refractivity contribution in [2.24, 2.45) is 0 Å². The van der Waals surface area contributed by atoms with Gasteiger partial charge in [-0.15, -0.1) is 0 Å². The molecule has 0 radical (unpaired) electrons. The van der Waals surface area contributed by atoms with Gasteiger partial charge in [-0.1, -0.05) is 72.8 Å². The van der Waals surface area contributed by atoms with Gasteiger partial charge in [0, 0.05) is 12.6 Å². The molecule has 154 valence electrons. The van der Waals surface area contributed by atoms with Crippen LogP contribution in [0.25, 0.3) is 16.7 Å². The molecule has 1 nitrogen and oxygen atoms in total. The summed E-state index contributed by atoms with van der Waals surface area (Å²) in [7, 11) is 0. The van der Waals surface area contributed by atoms with Crippen LogP contribution in [0.15, 0.2) is 84.9 Å². The molecule has 0 fully saturated rings. The molecule has 30 heavy (non-hydrogen) atoms. The second-order valence-corrected chi connectivity index (χ2v) is 7.72. The summed E-state index contributed by atoms with van der Waals surface area (Å²) < 4.78 is 39.1. The van der Waals surface area contributed by atoms with Gasteiger partial charge in [0.2, 0.25) is 0 Å². The van der Waals surface area contributed by atoms with E-state index in [0.717, 1.165) is 30.9 Å². The Bertz CT molecular complexity index is 1020. The van der Waals surface area contributed by atoms with E-state index >= 15 is 0 Å². The highest BCUT2D eigenvalue weighted by atomic mass is 19.4. The summed E-state index contributed by atoms with van der Waals surface area (Å²) in [4.78, 5) is 0. The maximum absolute atomic E-state index is 13.0. The number of nitrogens with one attached hydrogen (secondary N) is 1. The quantitative estimate of drug-likeness (QED) is 0.493. The summed E-state index contributed by atoms with van der Waals surface area (Å²) in [6, 6.07) is 24.8. The Morgan fingerprint density at radius 3 is 2.33 bits per heavy atom. The summed E-state index contributed by atoms with van der Waals surface area (Å²) in [5.41, 5.74) is 4.74. The Kier molecular flexibility index (Phi) is 6.05. The van der Waals surface area contributed by atoms with Gasteiger partial charge >= 0.3 is 6.18 Å². The van der Waals surface area contributed by atoms with E-state index in [1.54, 1.807) is 6.07 Å². The summed E-state index contributed by atoms with van der Waals surface area (Å²) >= 11 is 0. The zero-order valence-electron chi connectivity index (χ0n) is 16.6. The molecule has 1 aliphatic heterocycles. The Labute approximate surface area is 175 Å². The molecule has 0 amide bonds. The van der Waals surface area contributed by atoms with Gasteiger partial charge in [-0.25, -0.2) is 0 Å². The van der Waals surface area contributed by atoms with Crippen LogP contribution < -0.4 is 5.32 Å². The smallest absolute Gasteiger partial charge is 0.310 e. The van der Waals surface area contributed by atoms with Gasteiger partial charge in [-0.2, -0.15) is 13.2 Å². The fourth-order valence-electron chi connectivity index (χ4n) is 3.98. The molecule has 3 aromatic carbocycles. The molecule has 0 saturated heterocycles. The molecule has 4 rings (SSSR count). The number of rotatable bonds is 5. The Hall–Kier alpha value is -2.85. The minimum atomic E-state index is -4.31. The largest absolute Gasteiger partial charge is 0.416 e. The highest BCUT2D eigenvalue weighted by Crippen LogP contribution is 2.32. The Morgan fingerprint density at radius 2 is 1.53 bits per heavy atom. The van der Waals surface area contributed by atoms with Gasteiger partial charge in [-0.3, -0.25) is 0 Å². The second-order valence-electron chi connectivity index (χ2n) is 7.72. The summed E-state index contributed by atoms with van der Waals surface area (Å²) in [5, 5.41) is 3.48. The van der Waals surface area contributed by atoms with E-state index in [9.17, 15) is 13.2 Å². The molecular weight excluding hydrogens is 383 g/mol. The van der Waals surface area contributed by atoms with Crippen LogP contribution in [-0.2, 0) is 12.6 Å². The van der Waals surface area contributed by atoms with Gasteiger partial charge < -0.3 is 5.32 Å². The van der Waals surface area contributed by atoms with Crippen molar-refractivity contribution in [3.8, 4) is 11.1 Å². The van der Waals surface area contributed by atoms with Crippen LogP contribution in [0.5, 0.6) is 0 Å². The predicted octanol–water partition coefficient (Wildman–Crippen LogP) is 6.75. The minimum Gasteiger partial charge on any atom is -0.310 e. The normalized spacial score (nSPS) is 16.9. The summed E-state index contributed by atoms with van der Waals surface area (Å²) in [6.07, 6.45) is 0.289. The standard InChI is InChI=1S/C26H24F3N/c27-26(28,29)24-11-5-10-22(17-24)23-14-15-30-25(18-23)13-12-19-6-4-9-21(16-19)20-7-2-1-3-8-20/h1-11,14,16-17,25,30H,12-13,15,18H2. The lowest BCUT2D eigenvalue weighted by molar-refractivity contribution is -0.137. The van der Waals surface area contributed by atoms with Gasteiger partial charge in [0.25, 0.3) is 0 Å². The molecule has 1 heterocycles. The lowest BCUT2D eigenvalue weighted by atomic mass is 9.91. The molecule has 0 aliphatic carbocycles. The third-order valence-electron chi connectivity index (χ3n) is 5.60. The third-order valence-corrected chi connectivity index (χ3v) is 5.60. The monoisotopic (exact) mass is 407 g/mol. The molecule has 1 aliphatic rings. The molecule has 1 unspecified atom stereocenters. The van der Waals surface area contributed by atoms with E-state index in [4.69, 9.17) is 0 Å². The molecule has 0 spiro atoms. The Morgan fingerprint density at radius 1 is 0.800 bits per heavy atom. The molecule has 3 aromatic rings. The van der Waals surface area contributed by atoms with E-state index in [-0.39, 0.29) is 6.04 Å². The molecule has 0 bridgehead atoms. The van der Waals surface area contributed by atoms with E-state index in [0.29, 0.717) is 12.1 Å². The zero-order chi connectivity index (χ0) is 21.0. The third kappa shape index (κ3) is 5.00. The molecule has 4 heteroatoms. The zero-order valence-corrected chi connectivity index (χ0v) is 16.6. The van der Waals surface area contributed by atoms with Crippen molar-refractivity contribution in [3.63, 3.8) is 0 Å². The predicted molar refractivity (Wildman–Crippen MR) is 116 cm³/mol. The first-order valence-corrected chi connectivity index (χ1v) is 10.2. The van der Waals surface area contributed by atoms with E-state index in [2.05, 4.69) is 41.7 Å². The number of alkyl halides is 3. The number of aryl methyl sites for hydroxylation is 1. The van der Waals surface area contributed by atoms with Crippen molar-refractivity contribution in [2.45, 2.75) is 31.5 Å². The number of halogens is 3. The first kappa shape index (κ1) is 20.4. The van der Waals surface area contributed by atoms with Crippen molar-refractivity contribution in [2.75, 3.05) is 6.54 Å². The highest BCUT2D eigenvalue weighted by molar-refractivity contribution is 5.68. The van der Waals surface area contributed by atoms with Crippen molar-refractivity contribution in [1.82, 2.24) is 5.32 Å². The van der Waals surface area contributed by atoms with Crippen molar-refractivity contribution < 1.29 is 13.2 Å². The molecule has 1 atom stereocenters. The summed E-state index contributed by atoms with van der Waals surface area (Å²) in [6.45, 7) is 0.681. The molecule has 1 N–H and O–H groups in total. The van der Waals surface area contributed by atoms with Crippen LogP contribution in [-0.4, -0.2) is 12.6 Å². The number of hydrogen-bond donors (Lipinski definition) is 1. The minimum absolute atomic E-state index is 0.250. The number of hydrogen-bond acceptors (Lipinski definition) is 1. The molecule has 0 aromatic heterocycles. The summed E-state index contributed by atoms with van der Waals surface area (Å²) in [5.74, 6) is 0. The van der Waals surface area contributed by atoms with Gasteiger partial charge in [0.1, 0.15) is 0 Å². The van der Waals surface area contributed by atoms with E-state index in [1.165, 1.54) is 28.8 Å². The van der Waals surface area contributed by atoms with E-state index < -0.39 is 11.7 Å². The van der Waals surface area contributed by atoms with Gasteiger partial charge in [-0.05, 0) is 59.2 Å². The van der Waals surface area contributed by atoms with Crippen LogP contribution >= 0.6 is 0 Å². The topological polar surface area (TPSA) is 12.0 Å². The fourth-order valence-corrected chi connectivity index (χ4v) is 3.98. The van der Waals surface area contributed by atoms with Crippen molar-refractivity contribution in [1.29, 1.82) is 0 Å². The van der Waals surface area contributed by atoms with Crippen LogP contribution in [0.3, 0.4) is 0 Å². The van der Waals surface area contributed by atoms with Gasteiger partial charge in [0.15, 0.2) is 0 Å². The SMILES string of the molecule is FC(F)(F)c1cccc(C2=CCNC(CCc3cccc(-c4ccccc4)c3)C2)c1. The average Bonchev–Trinajstić information content (AvgIpc) is 2.78. The van der Waals surface area contributed by atoms with Crippen LogP contribution in [0.2, 0.25) is 0 Å². The maximum atomic E-state index is 13.0. The molecule has 0 saturated carbocycles.